The third kappa shape index (κ3) is 2.97. The summed E-state index contributed by atoms with van der Waals surface area (Å²) in [6, 6.07) is 6.64. The zero-order valence-electron chi connectivity index (χ0n) is 12.8. The lowest BCUT2D eigenvalue weighted by molar-refractivity contribution is 0.414. The van der Waals surface area contributed by atoms with Gasteiger partial charge in [-0.2, -0.15) is 5.10 Å². The average molecular weight is 283 g/mol. The Kier molecular flexibility index (Phi) is 3.75. The molecule has 0 amide bonds. The number of aromatic nitrogens is 4. The molecule has 110 valence electrons. The van der Waals surface area contributed by atoms with Crippen molar-refractivity contribution in [3.63, 3.8) is 0 Å². The fourth-order valence-electron chi connectivity index (χ4n) is 2.66. The second-order valence-electron chi connectivity index (χ2n) is 5.76. The van der Waals surface area contributed by atoms with Crippen molar-refractivity contribution in [3.05, 3.63) is 48.2 Å². The van der Waals surface area contributed by atoms with Gasteiger partial charge in [0.15, 0.2) is 0 Å². The first kappa shape index (κ1) is 13.8. The Balaban J connectivity index is 1.92. The lowest BCUT2D eigenvalue weighted by Gasteiger charge is -2.08. The topological polar surface area (TPSA) is 38.9 Å². The fraction of sp³-hybridized carbons (Fsp3) is 0.375. The number of fused-ring (bicyclic) bond motifs is 1. The molecule has 0 aliphatic carbocycles. The van der Waals surface area contributed by atoms with Gasteiger partial charge in [-0.25, -0.2) is 9.67 Å². The van der Waals surface area contributed by atoms with Gasteiger partial charge in [0.25, 0.3) is 0 Å². The van der Waals surface area contributed by atoms with Crippen LogP contribution in [0.1, 0.15) is 11.1 Å². The average Bonchev–Trinajstić information content (AvgIpc) is 3.05. The lowest BCUT2D eigenvalue weighted by atomic mass is 10.1. The zero-order valence-corrected chi connectivity index (χ0v) is 12.8. The fourth-order valence-corrected chi connectivity index (χ4v) is 2.66. The van der Waals surface area contributed by atoms with E-state index in [4.69, 9.17) is 0 Å². The first-order chi connectivity index (χ1) is 10.1. The Labute approximate surface area is 124 Å². The van der Waals surface area contributed by atoms with E-state index in [1.165, 1.54) is 22.0 Å². The molecule has 0 saturated carbocycles. The second-order valence-corrected chi connectivity index (χ2v) is 5.76. The molecule has 5 heteroatoms. The summed E-state index contributed by atoms with van der Waals surface area (Å²) >= 11 is 0. The molecule has 0 radical (unpaired) electrons. The number of benzene rings is 1. The van der Waals surface area contributed by atoms with E-state index in [9.17, 15) is 0 Å². The van der Waals surface area contributed by atoms with E-state index in [1.54, 1.807) is 12.7 Å². The largest absolute Gasteiger partial charge is 0.350 e. The van der Waals surface area contributed by atoms with E-state index in [0.29, 0.717) is 0 Å². The summed E-state index contributed by atoms with van der Waals surface area (Å²) in [4.78, 5) is 6.21. The molecule has 3 aromatic rings. The van der Waals surface area contributed by atoms with Crippen LogP contribution < -0.4 is 0 Å². The minimum absolute atomic E-state index is 0.762. The lowest BCUT2D eigenvalue weighted by Crippen LogP contribution is -2.14. The van der Waals surface area contributed by atoms with Crippen molar-refractivity contribution in [2.24, 2.45) is 7.05 Å². The van der Waals surface area contributed by atoms with Gasteiger partial charge >= 0.3 is 0 Å². The summed E-state index contributed by atoms with van der Waals surface area (Å²) in [5.74, 6) is 0. The summed E-state index contributed by atoms with van der Waals surface area (Å²) in [5, 5.41) is 5.52. The molecule has 2 aromatic heterocycles. The van der Waals surface area contributed by atoms with Crippen molar-refractivity contribution in [2.75, 3.05) is 20.6 Å². The van der Waals surface area contributed by atoms with Crippen LogP contribution in [0.4, 0.5) is 0 Å². The third-order valence-corrected chi connectivity index (χ3v) is 3.78. The van der Waals surface area contributed by atoms with Crippen molar-refractivity contribution in [3.8, 4) is 0 Å². The van der Waals surface area contributed by atoms with E-state index < -0.39 is 0 Å². The van der Waals surface area contributed by atoms with Crippen LogP contribution in [0.15, 0.2) is 37.1 Å². The highest BCUT2D eigenvalue weighted by molar-refractivity contribution is 5.84. The van der Waals surface area contributed by atoms with E-state index in [2.05, 4.69) is 65.1 Å². The third-order valence-electron chi connectivity index (χ3n) is 3.78. The summed E-state index contributed by atoms with van der Waals surface area (Å²) in [5.41, 5.74) is 3.94. The minimum Gasteiger partial charge on any atom is -0.350 e. The Bertz CT molecular complexity index is 725. The molecular formula is C16H21N5. The van der Waals surface area contributed by atoms with Gasteiger partial charge in [-0.05, 0) is 43.8 Å². The molecular weight excluding hydrogens is 262 g/mol. The van der Waals surface area contributed by atoms with Crippen molar-refractivity contribution < 1.29 is 0 Å². The molecule has 2 heterocycles. The van der Waals surface area contributed by atoms with Crippen molar-refractivity contribution in [1.82, 2.24) is 24.2 Å². The molecule has 0 spiro atoms. The van der Waals surface area contributed by atoms with E-state index in [0.717, 1.165) is 19.5 Å². The summed E-state index contributed by atoms with van der Waals surface area (Å²) in [7, 11) is 6.33. The molecule has 0 unspecified atom stereocenters. The Morgan fingerprint density at radius 3 is 2.81 bits per heavy atom. The smallest absolute Gasteiger partial charge is 0.137 e. The normalized spacial score (nSPS) is 11.6. The van der Waals surface area contributed by atoms with Gasteiger partial charge in [0.1, 0.15) is 12.7 Å². The van der Waals surface area contributed by atoms with Gasteiger partial charge in [-0.3, -0.25) is 0 Å². The highest BCUT2D eigenvalue weighted by Crippen LogP contribution is 2.23. The molecule has 21 heavy (non-hydrogen) atoms. The van der Waals surface area contributed by atoms with Crippen molar-refractivity contribution >= 4 is 10.9 Å². The maximum atomic E-state index is 4.17. The first-order valence-electron chi connectivity index (χ1n) is 7.17. The van der Waals surface area contributed by atoms with Gasteiger partial charge in [0, 0.05) is 30.7 Å². The van der Waals surface area contributed by atoms with Crippen LogP contribution in [0, 0.1) is 0 Å². The maximum absolute atomic E-state index is 4.17. The minimum atomic E-state index is 0.762. The molecule has 0 saturated heterocycles. The molecule has 5 nitrogen and oxygen atoms in total. The van der Waals surface area contributed by atoms with E-state index in [-0.39, 0.29) is 0 Å². The van der Waals surface area contributed by atoms with Crippen LogP contribution in [-0.2, 0) is 20.0 Å². The monoisotopic (exact) mass is 283 g/mol. The molecule has 0 N–H and O–H groups in total. The number of hydrogen-bond donors (Lipinski definition) is 0. The van der Waals surface area contributed by atoms with E-state index >= 15 is 0 Å². The van der Waals surface area contributed by atoms with Crippen LogP contribution in [0.5, 0.6) is 0 Å². The molecule has 1 aromatic carbocycles. The molecule has 0 bridgehead atoms. The van der Waals surface area contributed by atoms with Gasteiger partial charge in [-0.15, -0.1) is 0 Å². The number of likely N-dealkylation sites (N-methyl/N-ethyl adjacent to an activating group) is 1. The first-order valence-corrected chi connectivity index (χ1v) is 7.17. The van der Waals surface area contributed by atoms with Crippen molar-refractivity contribution in [2.45, 2.75) is 13.0 Å². The van der Waals surface area contributed by atoms with E-state index in [1.807, 2.05) is 4.68 Å². The van der Waals surface area contributed by atoms with Gasteiger partial charge in [0.05, 0.1) is 6.54 Å². The Morgan fingerprint density at radius 1 is 1.24 bits per heavy atom. The van der Waals surface area contributed by atoms with Gasteiger partial charge < -0.3 is 9.47 Å². The zero-order chi connectivity index (χ0) is 14.8. The molecule has 0 aliphatic heterocycles. The summed E-state index contributed by atoms with van der Waals surface area (Å²) < 4.78 is 4.06. The van der Waals surface area contributed by atoms with Crippen LogP contribution >= 0.6 is 0 Å². The van der Waals surface area contributed by atoms with Crippen molar-refractivity contribution in [1.29, 1.82) is 0 Å². The highest BCUT2D eigenvalue weighted by Gasteiger charge is 2.08. The number of rotatable bonds is 5. The molecule has 0 fully saturated rings. The van der Waals surface area contributed by atoms with Crippen LogP contribution in [0.2, 0.25) is 0 Å². The summed E-state index contributed by atoms with van der Waals surface area (Å²) in [6.07, 6.45) is 6.64. The molecule has 0 aliphatic rings. The standard InChI is InChI=1S/C16H21N5/c1-19(2)7-6-14-10-20(3)16-5-4-13(8-15(14)16)9-21-12-17-11-18-21/h4-5,8,10-12H,6-7,9H2,1-3H3. The van der Waals surface area contributed by atoms with Crippen LogP contribution in [0.25, 0.3) is 10.9 Å². The Hall–Kier alpha value is -2.14. The second kappa shape index (κ2) is 5.69. The predicted octanol–water partition coefficient (Wildman–Crippen LogP) is 1.92. The number of aryl methyl sites for hydroxylation is 1. The van der Waals surface area contributed by atoms with Gasteiger partial charge in [0.2, 0.25) is 0 Å². The van der Waals surface area contributed by atoms with Crippen LogP contribution in [-0.4, -0.2) is 44.9 Å². The molecule has 0 atom stereocenters. The quantitative estimate of drug-likeness (QED) is 0.718. The number of hydrogen-bond acceptors (Lipinski definition) is 3. The molecule has 3 rings (SSSR count). The number of nitrogens with zero attached hydrogens (tertiary/aromatic N) is 5. The van der Waals surface area contributed by atoms with Gasteiger partial charge in [-0.1, -0.05) is 6.07 Å². The maximum Gasteiger partial charge on any atom is 0.137 e. The Morgan fingerprint density at radius 2 is 2.10 bits per heavy atom. The highest BCUT2D eigenvalue weighted by atomic mass is 15.3. The SMILES string of the molecule is CN(C)CCc1cn(C)c2ccc(Cn3cncn3)cc12. The van der Waals surface area contributed by atoms with Crippen LogP contribution in [0.3, 0.4) is 0 Å². The predicted molar refractivity (Wildman–Crippen MR) is 84.3 cm³/mol. The summed E-state index contributed by atoms with van der Waals surface area (Å²) in [6.45, 7) is 1.82.